The highest BCUT2D eigenvalue weighted by atomic mass is 16.1. The number of hydrogen-bond acceptors (Lipinski definition) is 4. The molecule has 4 rings (SSSR count). The molecule has 5 nitrogen and oxygen atoms in total. The lowest BCUT2D eigenvalue weighted by atomic mass is 10.0. The van der Waals surface area contributed by atoms with E-state index in [1.165, 1.54) is 5.56 Å². The second-order valence-electron chi connectivity index (χ2n) is 6.42. The zero-order chi connectivity index (χ0) is 17.9. The van der Waals surface area contributed by atoms with Crippen molar-refractivity contribution in [2.45, 2.75) is 19.8 Å². The Hall–Kier alpha value is -3.21. The number of anilines is 3. The minimum atomic E-state index is -0.204. The van der Waals surface area contributed by atoms with Crippen molar-refractivity contribution in [3.05, 3.63) is 77.6 Å². The van der Waals surface area contributed by atoms with E-state index in [4.69, 9.17) is 0 Å². The first-order valence-corrected chi connectivity index (χ1v) is 8.77. The van der Waals surface area contributed by atoms with Gasteiger partial charge in [-0.3, -0.25) is 4.79 Å². The molecule has 1 aromatic heterocycles. The molecule has 3 aromatic rings. The molecule has 0 radical (unpaired) electrons. The number of carbonyl (C=O) groups is 1. The minimum absolute atomic E-state index is 0.204. The molecule has 1 N–H and O–H groups in total. The van der Waals surface area contributed by atoms with E-state index in [2.05, 4.69) is 38.4 Å². The summed E-state index contributed by atoms with van der Waals surface area (Å²) in [6.45, 7) is 2.84. The Morgan fingerprint density at radius 2 is 1.77 bits per heavy atom. The maximum absolute atomic E-state index is 12.4. The minimum Gasteiger partial charge on any atom is -0.322 e. The van der Waals surface area contributed by atoms with Gasteiger partial charge in [0.25, 0.3) is 5.91 Å². The first-order chi connectivity index (χ1) is 12.7. The van der Waals surface area contributed by atoms with Crippen molar-refractivity contribution in [3.63, 3.8) is 0 Å². The average Bonchev–Trinajstić information content (AvgIpc) is 2.69. The standard InChI is InChI=1S/C21H20N4O/c1-15-7-2-4-10-18(15)24-20(26)17-13-22-21(23-14-17)25-12-6-9-16-8-3-5-11-19(16)25/h2-5,7-8,10-11,13-14H,6,9,12H2,1H3,(H,24,26). The summed E-state index contributed by atoms with van der Waals surface area (Å²) < 4.78 is 0. The molecule has 0 aliphatic carbocycles. The van der Waals surface area contributed by atoms with E-state index in [0.29, 0.717) is 11.5 Å². The predicted octanol–water partition coefficient (Wildman–Crippen LogP) is 4.12. The summed E-state index contributed by atoms with van der Waals surface area (Å²) in [4.78, 5) is 23.4. The Kier molecular flexibility index (Phi) is 4.35. The monoisotopic (exact) mass is 344 g/mol. The second kappa shape index (κ2) is 6.96. The maximum atomic E-state index is 12.4. The Balaban J connectivity index is 1.54. The Morgan fingerprint density at radius 3 is 2.58 bits per heavy atom. The van der Waals surface area contributed by atoms with Crippen LogP contribution in [-0.2, 0) is 6.42 Å². The fourth-order valence-electron chi connectivity index (χ4n) is 3.23. The van der Waals surface area contributed by atoms with Gasteiger partial charge >= 0.3 is 0 Å². The van der Waals surface area contributed by atoms with Gasteiger partial charge in [-0.05, 0) is 43.0 Å². The number of aromatic nitrogens is 2. The molecule has 0 fully saturated rings. The number of para-hydroxylation sites is 2. The van der Waals surface area contributed by atoms with Crippen molar-refractivity contribution >= 4 is 23.2 Å². The molecule has 0 saturated carbocycles. The van der Waals surface area contributed by atoms with E-state index < -0.39 is 0 Å². The number of aryl methyl sites for hydroxylation is 2. The smallest absolute Gasteiger partial charge is 0.258 e. The van der Waals surface area contributed by atoms with Gasteiger partial charge < -0.3 is 10.2 Å². The summed E-state index contributed by atoms with van der Waals surface area (Å²) in [5, 5.41) is 2.91. The third-order valence-electron chi connectivity index (χ3n) is 4.65. The van der Waals surface area contributed by atoms with Crippen LogP contribution < -0.4 is 10.2 Å². The van der Waals surface area contributed by atoms with Gasteiger partial charge in [0.2, 0.25) is 5.95 Å². The van der Waals surface area contributed by atoms with Crippen LogP contribution in [0.2, 0.25) is 0 Å². The molecular formula is C21H20N4O. The van der Waals surface area contributed by atoms with Gasteiger partial charge in [-0.15, -0.1) is 0 Å². The van der Waals surface area contributed by atoms with E-state index >= 15 is 0 Å². The van der Waals surface area contributed by atoms with Crippen LogP contribution in [0, 0.1) is 6.92 Å². The van der Waals surface area contributed by atoms with Gasteiger partial charge in [-0.1, -0.05) is 36.4 Å². The number of amides is 1. The van der Waals surface area contributed by atoms with Gasteiger partial charge in [0.05, 0.1) is 5.56 Å². The highest BCUT2D eigenvalue weighted by Gasteiger charge is 2.20. The summed E-state index contributed by atoms with van der Waals surface area (Å²) in [6, 6.07) is 16.0. The van der Waals surface area contributed by atoms with Gasteiger partial charge in [-0.2, -0.15) is 0 Å². The van der Waals surface area contributed by atoms with Crippen LogP contribution >= 0.6 is 0 Å². The normalized spacial score (nSPS) is 13.2. The number of benzene rings is 2. The molecule has 1 amide bonds. The topological polar surface area (TPSA) is 58.1 Å². The predicted molar refractivity (Wildman–Crippen MR) is 103 cm³/mol. The summed E-state index contributed by atoms with van der Waals surface area (Å²) in [7, 11) is 0. The zero-order valence-electron chi connectivity index (χ0n) is 14.6. The molecule has 2 heterocycles. The molecule has 0 unspecified atom stereocenters. The third kappa shape index (κ3) is 3.16. The van der Waals surface area contributed by atoms with Crippen LogP contribution in [0.3, 0.4) is 0 Å². The first-order valence-electron chi connectivity index (χ1n) is 8.77. The van der Waals surface area contributed by atoms with Crippen LogP contribution in [0.4, 0.5) is 17.3 Å². The highest BCUT2D eigenvalue weighted by Crippen LogP contribution is 2.31. The lowest BCUT2D eigenvalue weighted by Gasteiger charge is -2.29. The van der Waals surface area contributed by atoms with Gasteiger partial charge in [0.15, 0.2) is 0 Å². The summed E-state index contributed by atoms with van der Waals surface area (Å²) in [6.07, 6.45) is 5.32. The molecular weight excluding hydrogens is 324 g/mol. The molecule has 0 bridgehead atoms. The van der Waals surface area contributed by atoms with Crippen molar-refractivity contribution in [1.29, 1.82) is 0 Å². The number of rotatable bonds is 3. The van der Waals surface area contributed by atoms with E-state index in [-0.39, 0.29) is 5.91 Å². The molecule has 5 heteroatoms. The van der Waals surface area contributed by atoms with Crippen LogP contribution in [-0.4, -0.2) is 22.4 Å². The van der Waals surface area contributed by atoms with Crippen LogP contribution in [0.15, 0.2) is 60.9 Å². The summed E-state index contributed by atoms with van der Waals surface area (Å²) in [5.74, 6) is 0.425. The van der Waals surface area contributed by atoms with E-state index in [9.17, 15) is 4.79 Å². The van der Waals surface area contributed by atoms with E-state index in [1.54, 1.807) is 12.4 Å². The van der Waals surface area contributed by atoms with Crippen molar-refractivity contribution < 1.29 is 4.79 Å². The Labute approximate surface area is 152 Å². The van der Waals surface area contributed by atoms with Crippen molar-refractivity contribution in [1.82, 2.24) is 9.97 Å². The fourth-order valence-corrected chi connectivity index (χ4v) is 3.23. The van der Waals surface area contributed by atoms with Gasteiger partial charge in [0, 0.05) is 30.3 Å². The lowest BCUT2D eigenvalue weighted by molar-refractivity contribution is 0.102. The SMILES string of the molecule is Cc1ccccc1NC(=O)c1cnc(N2CCCc3ccccc32)nc1. The highest BCUT2D eigenvalue weighted by molar-refractivity contribution is 6.04. The van der Waals surface area contributed by atoms with Gasteiger partial charge in [-0.25, -0.2) is 9.97 Å². The molecule has 0 saturated heterocycles. The number of hydrogen-bond donors (Lipinski definition) is 1. The molecule has 0 atom stereocenters. The van der Waals surface area contributed by atoms with Crippen LogP contribution in [0.25, 0.3) is 0 Å². The lowest BCUT2D eigenvalue weighted by Crippen LogP contribution is -2.26. The fraction of sp³-hybridized carbons (Fsp3) is 0.190. The molecule has 26 heavy (non-hydrogen) atoms. The maximum Gasteiger partial charge on any atom is 0.258 e. The van der Waals surface area contributed by atoms with Crippen LogP contribution in [0.1, 0.15) is 27.9 Å². The number of nitrogens with zero attached hydrogens (tertiary/aromatic N) is 3. The summed E-state index contributed by atoms with van der Waals surface area (Å²) >= 11 is 0. The molecule has 1 aliphatic rings. The Morgan fingerprint density at radius 1 is 1.04 bits per heavy atom. The van der Waals surface area contributed by atoms with Crippen molar-refractivity contribution in [2.75, 3.05) is 16.8 Å². The second-order valence-corrected chi connectivity index (χ2v) is 6.42. The van der Waals surface area contributed by atoms with Gasteiger partial charge in [0.1, 0.15) is 0 Å². The largest absolute Gasteiger partial charge is 0.322 e. The average molecular weight is 344 g/mol. The molecule has 0 spiro atoms. The molecule has 130 valence electrons. The number of carbonyl (C=O) groups excluding carboxylic acids is 1. The molecule has 1 aliphatic heterocycles. The van der Waals surface area contributed by atoms with E-state index in [0.717, 1.165) is 36.3 Å². The third-order valence-corrected chi connectivity index (χ3v) is 4.65. The van der Waals surface area contributed by atoms with E-state index in [1.807, 2.05) is 37.3 Å². The first kappa shape index (κ1) is 16.3. The van der Waals surface area contributed by atoms with Crippen LogP contribution in [0.5, 0.6) is 0 Å². The Bertz CT molecular complexity index is 937. The number of nitrogens with one attached hydrogen (secondary N) is 1. The zero-order valence-corrected chi connectivity index (χ0v) is 14.6. The summed E-state index contributed by atoms with van der Waals surface area (Å²) in [5.41, 5.74) is 4.72. The number of fused-ring (bicyclic) bond motifs is 1. The molecule has 2 aromatic carbocycles. The van der Waals surface area contributed by atoms with Crippen molar-refractivity contribution in [3.8, 4) is 0 Å². The quantitative estimate of drug-likeness (QED) is 0.776. The van der Waals surface area contributed by atoms with Crippen molar-refractivity contribution in [2.24, 2.45) is 0 Å².